The Morgan fingerprint density at radius 2 is 2.09 bits per heavy atom. The van der Waals surface area contributed by atoms with E-state index in [9.17, 15) is 9.90 Å². The van der Waals surface area contributed by atoms with Gasteiger partial charge in [-0.05, 0) is 35.5 Å². The Kier molecular flexibility index (Phi) is 4.08. The lowest BCUT2D eigenvalue weighted by Gasteiger charge is -2.07. The minimum Gasteiger partial charge on any atom is -0.544 e. The van der Waals surface area contributed by atoms with Crippen LogP contribution in [0.25, 0.3) is 6.08 Å². The molecule has 2 aromatic rings. The molecule has 0 fully saturated rings. The Morgan fingerprint density at radius 3 is 2.73 bits per heavy atom. The van der Waals surface area contributed by atoms with Crippen molar-refractivity contribution in [2.45, 2.75) is 12.1 Å². The van der Waals surface area contributed by atoms with Crippen molar-refractivity contribution < 1.29 is 23.8 Å². The Morgan fingerprint density at radius 1 is 1.36 bits per heavy atom. The van der Waals surface area contributed by atoms with Crippen LogP contribution in [0.2, 0.25) is 0 Å². The monoisotopic (exact) mass is 383 g/mol. The van der Waals surface area contributed by atoms with Crippen LogP contribution in [0.3, 0.4) is 0 Å². The summed E-state index contributed by atoms with van der Waals surface area (Å²) in [7, 11) is 0. The molecule has 0 bridgehead atoms. The van der Waals surface area contributed by atoms with Crippen molar-refractivity contribution >= 4 is 39.7 Å². The zero-order valence-electron chi connectivity index (χ0n) is 11.2. The molecule has 0 saturated carbocycles. The molecule has 2 heterocycles. The second kappa shape index (κ2) is 6.01. The molecule has 0 radical (unpaired) electrons. The molecule has 0 spiro atoms. The SMILES string of the molecule is Cc1nnc(S/C(=C\c2cc3c(cc2Br)OCO3)C(=O)[O-])o1. The van der Waals surface area contributed by atoms with E-state index in [2.05, 4.69) is 26.1 Å². The number of nitrogens with zero attached hydrogens (tertiary/aromatic N) is 2. The van der Waals surface area contributed by atoms with E-state index in [1.807, 2.05) is 0 Å². The van der Waals surface area contributed by atoms with Crippen LogP contribution in [0.1, 0.15) is 11.5 Å². The van der Waals surface area contributed by atoms with Crippen molar-refractivity contribution in [2.75, 3.05) is 6.79 Å². The third-order valence-electron chi connectivity index (χ3n) is 2.68. The van der Waals surface area contributed by atoms with Gasteiger partial charge in [-0.2, -0.15) is 0 Å². The fourth-order valence-corrected chi connectivity index (χ4v) is 2.87. The maximum Gasteiger partial charge on any atom is 0.281 e. The maximum absolute atomic E-state index is 11.3. The molecule has 0 unspecified atom stereocenters. The first-order chi connectivity index (χ1) is 10.5. The highest BCUT2D eigenvalue weighted by Crippen LogP contribution is 2.38. The number of thioether (sulfide) groups is 1. The highest BCUT2D eigenvalue weighted by molar-refractivity contribution is 9.10. The van der Waals surface area contributed by atoms with Gasteiger partial charge in [-0.15, -0.1) is 10.2 Å². The normalized spacial score (nSPS) is 13.5. The molecule has 0 saturated heterocycles. The van der Waals surface area contributed by atoms with Crippen LogP contribution in [0.15, 0.2) is 31.2 Å². The second-order valence-electron chi connectivity index (χ2n) is 4.21. The lowest BCUT2D eigenvalue weighted by Crippen LogP contribution is -2.23. The van der Waals surface area contributed by atoms with Gasteiger partial charge in [0.05, 0.1) is 5.97 Å². The lowest BCUT2D eigenvalue weighted by molar-refractivity contribution is -0.298. The number of aromatic nitrogens is 2. The number of fused-ring (bicyclic) bond motifs is 1. The van der Waals surface area contributed by atoms with E-state index in [0.29, 0.717) is 27.4 Å². The molecule has 0 amide bonds. The number of carbonyl (C=O) groups excluding carboxylic acids is 1. The maximum atomic E-state index is 11.3. The zero-order valence-corrected chi connectivity index (χ0v) is 13.6. The van der Waals surface area contributed by atoms with Gasteiger partial charge in [0.2, 0.25) is 12.7 Å². The van der Waals surface area contributed by atoms with Crippen molar-refractivity contribution in [1.29, 1.82) is 0 Å². The number of rotatable bonds is 4. The predicted octanol–water partition coefficient (Wildman–Crippen LogP) is 1.75. The third kappa shape index (κ3) is 3.09. The van der Waals surface area contributed by atoms with E-state index < -0.39 is 5.97 Å². The van der Waals surface area contributed by atoms with Crippen LogP contribution in [0, 0.1) is 6.92 Å². The van der Waals surface area contributed by atoms with Crippen LogP contribution in [-0.4, -0.2) is 23.0 Å². The Hall–Kier alpha value is -2.00. The number of benzene rings is 1. The predicted molar refractivity (Wildman–Crippen MR) is 78.1 cm³/mol. The minimum atomic E-state index is -1.34. The summed E-state index contributed by atoms with van der Waals surface area (Å²) >= 11 is 4.18. The molecule has 1 aromatic carbocycles. The molecular formula is C13H8BrN2O5S-. The van der Waals surface area contributed by atoms with Crippen LogP contribution >= 0.6 is 27.7 Å². The van der Waals surface area contributed by atoms with E-state index in [0.717, 1.165) is 11.8 Å². The summed E-state index contributed by atoms with van der Waals surface area (Å²) in [6, 6.07) is 3.39. The molecule has 22 heavy (non-hydrogen) atoms. The number of aliphatic carboxylic acids is 1. The average molecular weight is 384 g/mol. The van der Waals surface area contributed by atoms with Gasteiger partial charge in [0.15, 0.2) is 11.5 Å². The summed E-state index contributed by atoms with van der Waals surface area (Å²) < 4.78 is 16.3. The molecule has 0 aliphatic carbocycles. The number of hydrogen-bond donors (Lipinski definition) is 0. The first-order valence-corrected chi connectivity index (χ1v) is 7.64. The summed E-state index contributed by atoms with van der Waals surface area (Å²) in [6.45, 7) is 1.76. The Bertz CT molecular complexity index is 774. The summed E-state index contributed by atoms with van der Waals surface area (Å²) in [5.74, 6) is 0.153. The third-order valence-corrected chi connectivity index (χ3v) is 4.22. The molecule has 9 heteroatoms. The van der Waals surface area contributed by atoms with Crippen LogP contribution in [-0.2, 0) is 4.79 Å². The number of carbonyl (C=O) groups is 1. The zero-order chi connectivity index (χ0) is 15.7. The van der Waals surface area contributed by atoms with Gasteiger partial charge in [0, 0.05) is 16.3 Å². The van der Waals surface area contributed by atoms with E-state index >= 15 is 0 Å². The van der Waals surface area contributed by atoms with Gasteiger partial charge >= 0.3 is 0 Å². The van der Waals surface area contributed by atoms with Gasteiger partial charge in [0.1, 0.15) is 0 Å². The smallest absolute Gasteiger partial charge is 0.281 e. The summed E-state index contributed by atoms with van der Waals surface area (Å²) in [4.78, 5) is 11.2. The van der Waals surface area contributed by atoms with E-state index in [4.69, 9.17) is 13.9 Å². The van der Waals surface area contributed by atoms with E-state index in [1.54, 1.807) is 19.1 Å². The molecule has 114 valence electrons. The first kappa shape index (κ1) is 14.9. The molecule has 0 atom stereocenters. The number of halogens is 1. The summed E-state index contributed by atoms with van der Waals surface area (Å²) in [5.41, 5.74) is 0.604. The number of carboxylic acid groups (broad SMARTS) is 1. The van der Waals surface area contributed by atoms with E-state index in [1.165, 1.54) is 6.08 Å². The van der Waals surface area contributed by atoms with Gasteiger partial charge < -0.3 is 23.8 Å². The molecule has 1 aromatic heterocycles. The summed E-state index contributed by atoms with van der Waals surface area (Å²) in [5, 5.41) is 18.8. The minimum absolute atomic E-state index is 0.0665. The molecule has 1 aliphatic rings. The fraction of sp³-hybridized carbons (Fsp3) is 0.154. The van der Waals surface area contributed by atoms with Gasteiger partial charge in [-0.3, -0.25) is 0 Å². The number of ether oxygens (including phenoxy) is 2. The number of carboxylic acids is 1. The highest BCUT2D eigenvalue weighted by atomic mass is 79.9. The van der Waals surface area contributed by atoms with Crippen molar-refractivity contribution in [3.63, 3.8) is 0 Å². The topological polar surface area (TPSA) is 97.5 Å². The Balaban J connectivity index is 1.94. The first-order valence-electron chi connectivity index (χ1n) is 6.03. The number of aryl methyl sites for hydroxylation is 1. The van der Waals surface area contributed by atoms with E-state index in [-0.39, 0.29) is 16.9 Å². The molecule has 1 aliphatic heterocycles. The van der Waals surface area contributed by atoms with Crippen molar-refractivity contribution in [1.82, 2.24) is 10.2 Å². The Labute approximate surface area is 137 Å². The van der Waals surface area contributed by atoms with Crippen LogP contribution in [0.5, 0.6) is 11.5 Å². The quantitative estimate of drug-likeness (QED) is 0.581. The lowest BCUT2D eigenvalue weighted by atomic mass is 10.2. The largest absolute Gasteiger partial charge is 0.544 e. The van der Waals surface area contributed by atoms with Gasteiger partial charge in [-0.25, -0.2) is 0 Å². The van der Waals surface area contributed by atoms with Gasteiger partial charge in [-0.1, -0.05) is 15.9 Å². The molecular weight excluding hydrogens is 376 g/mol. The van der Waals surface area contributed by atoms with Gasteiger partial charge in [0.25, 0.3) is 5.22 Å². The van der Waals surface area contributed by atoms with Crippen LogP contribution in [0.4, 0.5) is 0 Å². The highest BCUT2D eigenvalue weighted by Gasteiger charge is 2.16. The molecule has 7 nitrogen and oxygen atoms in total. The standard InChI is InChI=1S/C13H9BrN2O5S/c1-6-15-16-13(21-6)22-11(12(17)18)3-7-2-9-10(4-8(7)14)20-5-19-9/h2-4H,5H2,1H3,(H,17,18)/p-1/b11-3-. The average Bonchev–Trinajstić information content (AvgIpc) is 3.06. The summed E-state index contributed by atoms with van der Waals surface area (Å²) in [6.07, 6.45) is 1.44. The van der Waals surface area contributed by atoms with Crippen molar-refractivity contribution in [2.24, 2.45) is 0 Å². The fourth-order valence-electron chi connectivity index (χ4n) is 1.73. The van der Waals surface area contributed by atoms with Crippen molar-refractivity contribution in [3.05, 3.63) is 33.0 Å². The second-order valence-corrected chi connectivity index (χ2v) is 6.06. The van der Waals surface area contributed by atoms with Crippen molar-refractivity contribution in [3.8, 4) is 11.5 Å². The molecule has 3 rings (SSSR count). The molecule has 0 N–H and O–H groups in total. The van der Waals surface area contributed by atoms with Crippen LogP contribution < -0.4 is 14.6 Å². The number of hydrogen-bond acceptors (Lipinski definition) is 8.